The summed E-state index contributed by atoms with van der Waals surface area (Å²) in [5.74, 6) is -3.29. The fourth-order valence-corrected chi connectivity index (χ4v) is 3.34. The smallest absolute Gasteiger partial charge is 0.411 e. The predicted octanol–water partition coefficient (Wildman–Crippen LogP) is 2.54. The number of amides is 1. The predicted molar refractivity (Wildman–Crippen MR) is 82.1 cm³/mol. The van der Waals surface area contributed by atoms with Crippen LogP contribution in [0.3, 0.4) is 0 Å². The number of rotatable bonds is 8. The first-order chi connectivity index (χ1) is 10.9. The maximum Gasteiger partial charge on any atom is 0.411 e. The van der Waals surface area contributed by atoms with Crippen LogP contribution in [0.1, 0.15) is 12.5 Å². The van der Waals surface area contributed by atoms with Crippen LogP contribution in [0.25, 0.3) is 0 Å². The lowest BCUT2D eigenvalue weighted by Gasteiger charge is -2.30. The average Bonchev–Trinajstić information content (AvgIpc) is 2.57. The highest BCUT2D eigenvalue weighted by molar-refractivity contribution is 7.55. The third-order valence-corrected chi connectivity index (χ3v) is 5.22. The van der Waals surface area contributed by atoms with Crippen LogP contribution in [-0.2, 0) is 29.8 Å². The maximum atomic E-state index is 12.4. The van der Waals surface area contributed by atoms with Gasteiger partial charge in [-0.1, -0.05) is 30.3 Å². The summed E-state index contributed by atoms with van der Waals surface area (Å²) in [6.07, 6.45) is -0.918. The van der Waals surface area contributed by atoms with E-state index in [9.17, 15) is 19.3 Å². The van der Waals surface area contributed by atoms with Crippen molar-refractivity contribution >= 4 is 19.7 Å². The molecule has 0 unspecified atom stereocenters. The van der Waals surface area contributed by atoms with Crippen molar-refractivity contribution in [1.29, 1.82) is 0 Å². The maximum absolute atomic E-state index is 12.4. The number of carboxylic acids is 1. The number of carbonyl (C=O) groups excluding carboxylic acids is 1. The molecule has 1 aromatic carbocycles. The number of ether oxygens (including phenoxy) is 1. The van der Waals surface area contributed by atoms with Crippen LogP contribution in [0.2, 0.25) is 0 Å². The zero-order valence-corrected chi connectivity index (χ0v) is 14.1. The molecule has 1 atom stereocenters. The Morgan fingerprint density at radius 3 is 2.22 bits per heavy atom. The van der Waals surface area contributed by atoms with E-state index in [1.165, 1.54) is 6.92 Å². The van der Waals surface area contributed by atoms with Crippen LogP contribution in [0.5, 0.6) is 0 Å². The van der Waals surface area contributed by atoms with Crippen LogP contribution in [0.15, 0.2) is 30.3 Å². The first-order valence-electron chi connectivity index (χ1n) is 6.81. The van der Waals surface area contributed by atoms with Gasteiger partial charge in [0.2, 0.25) is 5.78 Å². The Kier molecular flexibility index (Phi) is 7.22. The molecule has 9 heteroatoms. The molecule has 0 aliphatic carbocycles. The Labute approximate surface area is 134 Å². The first-order valence-corrected chi connectivity index (χ1v) is 8.42. The Bertz CT molecular complexity index is 570. The van der Waals surface area contributed by atoms with E-state index in [1.54, 1.807) is 24.3 Å². The number of hydrogen-bond acceptors (Lipinski definition) is 6. The molecule has 1 amide bonds. The lowest BCUT2D eigenvalue weighted by molar-refractivity contribution is -0.140. The number of nitrogens with zero attached hydrogens (tertiary/aromatic N) is 1. The monoisotopic (exact) mass is 345 g/mol. The van der Waals surface area contributed by atoms with Crippen LogP contribution < -0.4 is 0 Å². The van der Waals surface area contributed by atoms with Crippen molar-refractivity contribution in [3.8, 4) is 0 Å². The van der Waals surface area contributed by atoms with Gasteiger partial charge in [0.05, 0.1) is 0 Å². The fraction of sp³-hybridized carbons (Fsp3) is 0.429. The highest BCUT2D eigenvalue weighted by Gasteiger charge is 2.46. The van der Waals surface area contributed by atoms with Gasteiger partial charge < -0.3 is 18.9 Å². The molecule has 0 fully saturated rings. The van der Waals surface area contributed by atoms with Gasteiger partial charge >= 0.3 is 19.7 Å². The number of likely N-dealkylation sites (N-methyl/N-ethyl adjacent to an activating group) is 1. The number of aliphatic carboxylic acids is 1. The summed E-state index contributed by atoms with van der Waals surface area (Å²) in [4.78, 5) is 24.4. The van der Waals surface area contributed by atoms with Crippen molar-refractivity contribution < 1.29 is 33.0 Å². The molecule has 8 nitrogen and oxygen atoms in total. The summed E-state index contributed by atoms with van der Waals surface area (Å²) < 4.78 is 26.9. The summed E-state index contributed by atoms with van der Waals surface area (Å²) >= 11 is 0. The minimum absolute atomic E-state index is 0.0349. The van der Waals surface area contributed by atoms with Crippen LogP contribution >= 0.6 is 7.60 Å². The number of benzene rings is 1. The van der Waals surface area contributed by atoms with E-state index >= 15 is 0 Å². The summed E-state index contributed by atoms with van der Waals surface area (Å²) in [7, 11) is -1.93. The second kappa shape index (κ2) is 8.67. The van der Waals surface area contributed by atoms with Crippen molar-refractivity contribution in [3.05, 3.63) is 35.9 Å². The standard InChI is InChI=1S/C14H20NO7P/c1-4-15(12(13(16)17)23(19,20-2)21-3)14(18)22-10-11-8-6-5-7-9-11/h5-9,12H,4,10H2,1-3H3,(H,16,17)/t12-/m0/s1. The molecular formula is C14H20NO7P. The topological polar surface area (TPSA) is 102 Å². The third kappa shape index (κ3) is 4.79. The normalized spacial score (nSPS) is 12.5. The SMILES string of the molecule is CCN(C(=O)OCc1ccccc1)[C@H](C(=O)O)P(=O)(OC)OC. The molecule has 0 saturated carbocycles. The molecular weight excluding hydrogens is 325 g/mol. The molecule has 0 aliphatic rings. The van der Waals surface area contributed by atoms with Gasteiger partial charge in [-0.3, -0.25) is 9.46 Å². The second-order valence-corrected chi connectivity index (χ2v) is 6.74. The quantitative estimate of drug-likeness (QED) is 0.722. The van der Waals surface area contributed by atoms with Crippen LogP contribution in [0, 0.1) is 0 Å². The van der Waals surface area contributed by atoms with Crippen molar-refractivity contribution in [2.24, 2.45) is 0 Å². The van der Waals surface area contributed by atoms with Crippen molar-refractivity contribution in [3.63, 3.8) is 0 Å². The zero-order chi connectivity index (χ0) is 17.5. The van der Waals surface area contributed by atoms with E-state index in [0.717, 1.165) is 24.7 Å². The Hall–Kier alpha value is -1.89. The van der Waals surface area contributed by atoms with E-state index in [4.69, 9.17) is 13.8 Å². The highest BCUT2D eigenvalue weighted by Crippen LogP contribution is 2.53. The van der Waals surface area contributed by atoms with Gasteiger partial charge in [0.25, 0.3) is 0 Å². The Morgan fingerprint density at radius 2 is 1.78 bits per heavy atom. The minimum atomic E-state index is -4.04. The average molecular weight is 345 g/mol. The Morgan fingerprint density at radius 1 is 1.22 bits per heavy atom. The van der Waals surface area contributed by atoms with Crippen LogP contribution in [0.4, 0.5) is 4.79 Å². The molecule has 0 aromatic heterocycles. The lowest BCUT2D eigenvalue weighted by Crippen LogP contribution is -2.45. The summed E-state index contributed by atoms with van der Waals surface area (Å²) in [5.41, 5.74) is 0.741. The van der Waals surface area contributed by atoms with Gasteiger partial charge in [-0.05, 0) is 12.5 Å². The Balaban J connectivity index is 2.92. The molecule has 1 rings (SSSR count). The molecule has 128 valence electrons. The van der Waals surface area contributed by atoms with Crippen LogP contribution in [-0.4, -0.2) is 48.6 Å². The molecule has 0 bridgehead atoms. The molecule has 0 radical (unpaired) electrons. The molecule has 0 aliphatic heterocycles. The van der Waals surface area contributed by atoms with E-state index in [2.05, 4.69) is 0 Å². The fourth-order valence-electron chi connectivity index (χ4n) is 1.92. The van der Waals surface area contributed by atoms with Gasteiger partial charge in [0.15, 0.2) is 0 Å². The van der Waals surface area contributed by atoms with Crippen molar-refractivity contribution in [1.82, 2.24) is 4.90 Å². The zero-order valence-electron chi connectivity index (χ0n) is 13.2. The number of carboxylic acid groups (broad SMARTS) is 1. The lowest BCUT2D eigenvalue weighted by atomic mass is 10.2. The molecule has 1 N–H and O–H groups in total. The second-order valence-electron chi connectivity index (χ2n) is 4.44. The molecule has 1 aromatic rings. The molecule has 0 saturated heterocycles. The van der Waals surface area contributed by atoms with E-state index < -0.39 is 25.4 Å². The largest absolute Gasteiger partial charge is 0.479 e. The third-order valence-electron chi connectivity index (χ3n) is 3.10. The summed E-state index contributed by atoms with van der Waals surface area (Å²) in [5, 5.41) is 9.33. The van der Waals surface area contributed by atoms with Crippen molar-refractivity contribution in [2.45, 2.75) is 19.3 Å². The number of hydrogen-bond donors (Lipinski definition) is 1. The van der Waals surface area contributed by atoms with Gasteiger partial charge in [-0.25, -0.2) is 9.59 Å². The summed E-state index contributed by atoms with van der Waals surface area (Å²) in [6, 6.07) is 8.90. The minimum Gasteiger partial charge on any atom is -0.479 e. The van der Waals surface area contributed by atoms with Crippen molar-refractivity contribution in [2.75, 3.05) is 20.8 Å². The molecule has 0 heterocycles. The summed E-state index contributed by atoms with van der Waals surface area (Å²) in [6.45, 7) is 1.46. The van der Waals surface area contributed by atoms with Gasteiger partial charge in [0, 0.05) is 20.8 Å². The van der Waals surface area contributed by atoms with Gasteiger partial charge in [-0.15, -0.1) is 0 Å². The first kappa shape index (κ1) is 19.2. The number of carbonyl (C=O) groups is 2. The van der Waals surface area contributed by atoms with Gasteiger partial charge in [-0.2, -0.15) is 0 Å². The van der Waals surface area contributed by atoms with E-state index in [-0.39, 0.29) is 13.2 Å². The molecule has 0 spiro atoms. The molecule has 23 heavy (non-hydrogen) atoms. The van der Waals surface area contributed by atoms with E-state index in [1.807, 2.05) is 6.07 Å². The highest BCUT2D eigenvalue weighted by atomic mass is 31.2. The van der Waals surface area contributed by atoms with E-state index in [0.29, 0.717) is 0 Å². The van der Waals surface area contributed by atoms with Gasteiger partial charge in [0.1, 0.15) is 6.61 Å².